The Hall–Kier alpha value is -0.570. The average Bonchev–Trinajstić information content (AvgIpc) is 1.94. The molecule has 0 N–H and O–H groups in total. The molecule has 1 rings (SSSR count). The highest BCUT2D eigenvalue weighted by atomic mass is 32.2. The van der Waals surface area contributed by atoms with Crippen LogP contribution in [0, 0.1) is 0 Å². The van der Waals surface area contributed by atoms with Gasteiger partial charge in [0.2, 0.25) is 0 Å². The van der Waals surface area contributed by atoms with Gasteiger partial charge in [-0.2, -0.15) is 0 Å². The van der Waals surface area contributed by atoms with E-state index in [1.165, 1.54) is 18.0 Å². The molecule has 0 aromatic rings. The van der Waals surface area contributed by atoms with Crippen molar-refractivity contribution in [2.24, 2.45) is 4.40 Å². The molecule has 0 unspecified atom stereocenters. The first-order chi connectivity index (χ1) is 3.89. The van der Waals surface area contributed by atoms with Crippen molar-refractivity contribution in [3.63, 3.8) is 0 Å². The first-order valence-electron chi connectivity index (χ1n) is 2.26. The number of hydrogen-bond donors (Lipinski definition) is 0. The topological polar surface area (TPSA) is 29.4 Å². The fourth-order valence-electron chi connectivity index (χ4n) is 0.380. The van der Waals surface area contributed by atoms with Gasteiger partial charge in [0.25, 0.3) is 0 Å². The smallest absolute Gasteiger partial charge is 0.161 e. The molecule has 0 amide bonds. The van der Waals surface area contributed by atoms with Crippen molar-refractivity contribution in [1.29, 1.82) is 0 Å². The first kappa shape index (κ1) is 5.56. The van der Waals surface area contributed by atoms with E-state index in [1.54, 1.807) is 11.6 Å². The molecule has 0 atom stereocenters. The summed E-state index contributed by atoms with van der Waals surface area (Å²) in [5.74, 6) is 0.124. The maximum atomic E-state index is 10.5. The van der Waals surface area contributed by atoms with Crippen LogP contribution in [0.2, 0.25) is 0 Å². The van der Waals surface area contributed by atoms with E-state index in [9.17, 15) is 4.79 Å². The Kier molecular flexibility index (Phi) is 1.86. The van der Waals surface area contributed by atoms with E-state index < -0.39 is 0 Å². The second kappa shape index (κ2) is 2.67. The normalized spacial score (nSPS) is 18.8. The SMILES string of the molecule is O=C1C=CSN=CC1. The highest BCUT2D eigenvalue weighted by Crippen LogP contribution is 2.06. The van der Waals surface area contributed by atoms with Gasteiger partial charge in [-0.15, -0.1) is 0 Å². The summed E-state index contributed by atoms with van der Waals surface area (Å²) in [6.45, 7) is 0. The molecule has 0 spiro atoms. The van der Waals surface area contributed by atoms with Crippen molar-refractivity contribution < 1.29 is 4.79 Å². The number of nitrogens with zero attached hydrogens (tertiary/aromatic N) is 1. The zero-order valence-electron chi connectivity index (χ0n) is 4.20. The van der Waals surface area contributed by atoms with Gasteiger partial charge >= 0.3 is 0 Å². The zero-order chi connectivity index (χ0) is 5.82. The van der Waals surface area contributed by atoms with Gasteiger partial charge in [-0.05, 0) is 11.5 Å². The Labute approximate surface area is 51.8 Å². The van der Waals surface area contributed by atoms with Gasteiger partial charge in [-0.25, -0.2) is 4.40 Å². The highest BCUT2D eigenvalue weighted by Gasteiger charge is 1.94. The maximum absolute atomic E-state index is 10.5. The van der Waals surface area contributed by atoms with Crippen molar-refractivity contribution in [3.8, 4) is 0 Å². The molecule has 42 valence electrons. The number of allylic oxidation sites excluding steroid dienone is 1. The molecule has 1 aliphatic rings. The number of hydrogen-bond acceptors (Lipinski definition) is 3. The minimum atomic E-state index is 0.124. The predicted octanol–water partition coefficient (Wildman–Crippen LogP) is 1.19. The monoisotopic (exact) mass is 127 g/mol. The van der Waals surface area contributed by atoms with E-state index in [0.29, 0.717) is 6.42 Å². The van der Waals surface area contributed by atoms with Crippen molar-refractivity contribution in [2.75, 3.05) is 0 Å². The van der Waals surface area contributed by atoms with Crippen molar-refractivity contribution >= 4 is 23.9 Å². The summed E-state index contributed by atoms with van der Waals surface area (Å²) in [5.41, 5.74) is 0. The molecule has 0 saturated carbocycles. The lowest BCUT2D eigenvalue weighted by Gasteiger charge is -1.76. The van der Waals surface area contributed by atoms with Crippen LogP contribution in [-0.2, 0) is 4.79 Å². The number of ketones is 1. The molecule has 0 aliphatic carbocycles. The summed E-state index contributed by atoms with van der Waals surface area (Å²) in [6.07, 6.45) is 3.61. The summed E-state index contributed by atoms with van der Waals surface area (Å²) in [4.78, 5) is 10.5. The minimum absolute atomic E-state index is 0.124. The van der Waals surface area contributed by atoms with Gasteiger partial charge in [0, 0.05) is 24.6 Å². The number of rotatable bonds is 0. The first-order valence-corrected chi connectivity index (χ1v) is 3.10. The molecule has 0 aromatic carbocycles. The summed E-state index contributed by atoms with van der Waals surface area (Å²) in [7, 11) is 0. The van der Waals surface area contributed by atoms with Gasteiger partial charge in [0.15, 0.2) is 5.78 Å². The maximum Gasteiger partial charge on any atom is 0.161 e. The van der Waals surface area contributed by atoms with E-state index in [4.69, 9.17) is 0 Å². The van der Waals surface area contributed by atoms with Crippen molar-refractivity contribution in [1.82, 2.24) is 0 Å². The van der Waals surface area contributed by atoms with Gasteiger partial charge in [0.1, 0.15) is 0 Å². The molecule has 8 heavy (non-hydrogen) atoms. The Morgan fingerprint density at radius 1 is 1.75 bits per heavy atom. The molecule has 0 saturated heterocycles. The second-order valence-electron chi connectivity index (χ2n) is 1.37. The molecule has 0 fully saturated rings. The molecule has 1 heterocycles. The molecule has 0 aromatic heterocycles. The van der Waals surface area contributed by atoms with E-state index in [-0.39, 0.29) is 5.78 Å². The largest absolute Gasteiger partial charge is 0.294 e. The van der Waals surface area contributed by atoms with Crippen molar-refractivity contribution in [2.45, 2.75) is 6.42 Å². The number of carbonyl (C=O) groups excluding carboxylic acids is 1. The standard InChI is InChI=1S/C5H5NOS/c7-5-1-3-6-8-4-2-5/h2-4H,1H2. The van der Waals surface area contributed by atoms with E-state index in [1.807, 2.05) is 0 Å². The Morgan fingerprint density at radius 3 is 3.50 bits per heavy atom. The van der Waals surface area contributed by atoms with Crippen LogP contribution < -0.4 is 0 Å². The van der Waals surface area contributed by atoms with E-state index in [0.717, 1.165) is 0 Å². The Balaban J connectivity index is 2.61. The Morgan fingerprint density at radius 2 is 2.62 bits per heavy atom. The van der Waals surface area contributed by atoms with E-state index in [2.05, 4.69) is 4.40 Å². The molecule has 0 radical (unpaired) electrons. The minimum Gasteiger partial charge on any atom is -0.294 e. The van der Waals surface area contributed by atoms with Gasteiger partial charge in [0.05, 0.1) is 0 Å². The van der Waals surface area contributed by atoms with Crippen LogP contribution in [0.15, 0.2) is 15.9 Å². The third-order valence-electron chi connectivity index (χ3n) is 0.743. The predicted molar refractivity (Wildman–Crippen MR) is 34.8 cm³/mol. The van der Waals surface area contributed by atoms with Gasteiger partial charge < -0.3 is 0 Å². The van der Waals surface area contributed by atoms with E-state index >= 15 is 0 Å². The molecular weight excluding hydrogens is 122 g/mol. The van der Waals surface area contributed by atoms with Crippen LogP contribution in [0.1, 0.15) is 6.42 Å². The quantitative estimate of drug-likeness (QED) is 0.457. The van der Waals surface area contributed by atoms with Crippen LogP contribution >= 0.6 is 11.9 Å². The van der Waals surface area contributed by atoms with Gasteiger partial charge in [-0.1, -0.05) is 0 Å². The highest BCUT2D eigenvalue weighted by molar-refractivity contribution is 8.01. The molecular formula is C5H5NOS. The summed E-state index contributed by atoms with van der Waals surface area (Å²) >= 11 is 1.29. The summed E-state index contributed by atoms with van der Waals surface area (Å²) in [6, 6.07) is 0. The third kappa shape index (κ3) is 1.50. The molecule has 0 bridgehead atoms. The molecule has 3 heteroatoms. The zero-order valence-corrected chi connectivity index (χ0v) is 5.02. The van der Waals surface area contributed by atoms with Crippen LogP contribution in [0.4, 0.5) is 0 Å². The summed E-state index contributed by atoms with van der Waals surface area (Å²) < 4.78 is 3.81. The van der Waals surface area contributed by atoms with Crippen LogP contribution in [-0.4, -0.2) is 12.0 Å². The van der Waals surface area contributed by atoms with Gasteiger partial charge in [-0.3, -0.25) is 4.79 Å². The molecule has 2 nitrogen and oxygen atoms in total. The van der Waals surface area contributed by atoms with Crippen LogP contribution in [0.3, 0.4) is 0 Å². The number of carbonyl (C=O) groups is 1. The fraction of sp³-hybridized carbons (Fsp3) is 0.200. The lowest BCUT2D eigenvalue weighted by molar-refractivity contribution is -0.113. The molecule has 1 aliphatic heterocycles. The fourth-order valence-corrected chi connectivity index (χ4v) is 0.823. The summed E-state index contributed by atoms with van der Waals surface area (Å²) in [5, 5.41) is 1.69. The van der Waals surface area contributed by atoms with Crippen LogP contribution in [0.5, 0.6) is 0 Å². The van der Waals surface area contributed by atoms with Crippen LogP contribution in [0.25, 0.3) is 0 Å². The second-order valence-corrected chi connectivity index (χ2v) is 2.06. The lowest BCUT2D eigenvalue weighted by Crippen LogP contribution is -1.89. The average molecular weight is 127 g/mol. The van der Waals surface area contributed by atoms with Crippen molar-refractivity contribution in [3.05, 3.63) is 11.5 Å². The third-order valence-corrected chi connectivity index (χ3v) is 1.27. The lowest BCUT2D eigenvalue weighted by atomic mass is 10.3. The Bertz CT molecular complexity index is 151.